The van der Waals surface area contributed by atoms with Gasteiger partial charge in [-0.1, -0.05) is 0 Å². The lowest BCUT2D eigenvalue weighted by Gasteiger charge is -2.13. The maximum absolute atomic E-state index is 11.6. The molecule has 1 rings (SSSR count). The molecule has 1 amide bonds. The number of hydrogen-bond acceptors (Lipinski definition) is 9. The van der Waals surface area contributed by atoms with Gasteiger partial charge < -0.3 is 35.5 Å². The molecular weight excluding hydrogens is 418 g/mol. The Kier molecular flexibility index (Phi) is 12.0. The molecule has 0 saturated heterocycles. The number of carbonyl (C=O) groups excluding carboxylic acids is 1. The Labute approximate surface area is 178 Å². The smallest absolute Gasteiger partial charge is 0.407 e. The second-order valence-corrected chi connectivity index (χ2v) is 6.39. The van der Waals surface area contributed by atoms with Crippen molar-refractivity contribution >= 4 is 23.7 Å². The number of nitrogens with two attached hydrogens (primary N) is 1. The third kappa shape index (κ3) is 11.2. The number of hydrogen-bond donors (Lipinski definition) is 4. The monoisotopic (exact) mass is 445 g/mol. The molecule has 0 radical (unpaired) electrons. The van der Waals surface area contributed by atoms with Gasteiger partial charge in [0.15, 0.2) is 11.5 Å². The Morgan fingerprint density at radius 2 is 1.61 bits per heavy atom. The Bertz CT molecular complexity index is 782. The molecule has 2 atom stereocenters. The number of carbonyl (C=O) groups is 3. The summed E-state index contributed by atoms with van der Waals surface area (Å²) in [5.74, 6) is -1.48. The fourth-order valence-corrected chi connectivity index (χ4v) is 2.17. The number of carboxylic acids is 2. The second-order valence-electron chi connectivity index (χ2n) is 6.39. The third-order valence-corrected chi connectivity index (χ3v) is 3.48. The Morgan fingerprint density at radius 3 is 2.00 bits per heavy atom. The van der Waals surface area contributed by atoms with Crippen LogP contribution in [0.5, 0.6) is 11.5 Å². The molecule has 0 bridgehead atoms. The normalized spacial score (nSPS) is 11.8. The van der Waals surface area contributed by atoms with Gasteiger partial charge in [-0.05, 0) is 19.9 Å². The van der Waals surface area contributed by atoms with E-state index < -0.39 is 29.0 Å². The second kappa shape index (κ2) is 13.6. The van der Waals surface area contributed by atoms with E-state index in [0.29, 0.717) is 0 Å². The molecule has 0 aliphatic carbocycles. The number of carboxylic acid groups (broad SMARTS) is 2. The summed E-state index contributed by atoms with van der Waals surface area (Å²) in [7, 11) is 2.71. The highest BCUT2D eigenvalue weighted by atomic mass is 16.6. The van der Waals surface area contributed by atoms with Crippen molar-refractivity contribution in [2.45, 2.75) is 45.4 Å². The van der Waals surface area contributed by atoms with E-state index in [-0.39, 0.29) is 48.2 Å². The number of benzene rings is 1. The topological polar surface area (TPSA) is 201 Å². The number of alkyl carbamates (subject to hydrolysis) is 1. The number of nitro groups is 1. The number of methoxy groups -OCH3 is 2. The van der Waals surface area contributed by atoms with Crippen LogP contribution in [0.4, 0.5) is 10.5 Å². The van der Waals surface area contributed by atoms with E-state index in [1.807, 2.05) is 0 Å². The third-order valence-electron chi connectivity index (χ3n) is 3.48. The molecule has 31 heavy (non-hydrogen) atoms. The molecule has 0 heterocycles. The molecule has 1 aromatic rings. The maximum atomic E-state index is 11.6. The van der Waals surface area contributed by atoms with E-state index in [4.69, 9.17) is 30.2 Å². The number of ether oxygens (including phenoxy) is 3. The van der Waals surface area contributed by atoms with Crippen LogP contribution in [0.1, 0.15) is 32.3 Å². The number of nitrogens with one attached hydrogen (secondary N) is 1. The molecule has 13 nitrogen and oxygen atoms in total. The zero-order valence-electron chi connectivity index (χ0n) is 17.6. The predicted octanol–water partition coefficient (Wildman–Crippen LogP) is 1.51. The highest BCUT2D eigenvalue weighted by Gasteiger charge is 2.21. The fourth-order valence-electron chi connectivity index (χ4n) is 2.17. The van der Waals surface area contributed by atoms with E-state index >= 15 is 0 Å². The standard InChI is InChI=1S/C14H18N2O8.C4H9NO2/c1-8(4-13(17)18)15-14(19)24-7-9-5-11(22-2)12(23-3)6-10(9)16(20)21;1-3(5)2-4(6)7/h5-6,8H,4,7H2,1-3H3,(H,15,19)(H,17,18);3H,2,5H2,1H3,(H,6,7). The Hall–Kier alpha value is -3.61. The van der Waals surface area contributed by atoms with Crippen molar-refractivity contribution in [2.24, 2.45) is 5.73 Å². The summed E-state index contributed by atoms with van der Waals surface area (Å²) in [6, 6.07) is 1.64. The average molecular weight is 445 g/mol. The summed E-state index contributed by atoms with van der Waals surface area (Å²) in [6.07, 6.45) is -1.10. The summed E-state index contributed by atoms with van der Waals surface area (Å²) in [4.78, 5) is 42.4. The molecule has 0 fully saturated rings. The van der Waals surface area contributed by atoms with Crippen LogP contribution in [0.15, 0.2) is 12.1 Å². The summed E-state index contributed by atoms with van der Waals surface area (Å²) >= 11 is 0. The van der Waals surface area contributed by atoms with Gasteiger partial charge in [0.2, 0.25) is 0 Å². The van der Waals surface area contributed by atoms with E-state index in [1.165, 1.54) is 33.3 Å². The van der Waals surface area contributed by atoms with Crippen LogP contribution < -0.4 is 20.5 Å². The van der Waals surface area contributed by atoms with Crippen molar-refractivity contribution in [1.29, 1.82) is 0 Å². The van der Waals surface area contributed by atoms with Crippen LogP contribution in [0.3, 0.4) is 0 Å². The number of rotatable bonds is 10. The van der Waals surface area contributed by atoms with Crippen molar-refractivity contribution < 1.29 is 43.7 Å². The van der Waals surface area contributed by atoms with Gasteiger partial charge in [-0.15, -0.1) is 0 Å². The Balaban J connectivity index is 0.00000110. The van der Waals surface area contributed by atoms with E-state index in [0.717, 1.165) is 0 Å². The van der Waals surface area contributed by atoms with E-state index in [9.17, 15) is 24.5 Å². The van der Waals surface area contributed by atoms with Crippen LogP contribution in [0.2, 0.25) is 0 Å². The van der Waals surface area contributed by atoms with Crippen molar-refractivity contribution in [3.8, 4) is 11.5 Å². The first-order valence-corrected chi connectivity index (χ1v) is 8.92. The first-order chi connectivity index (χ1) is 14.4. The van der Waals surface area contributed by atoms with E-state index in [1.54, 1.807) is 6.92 Å². The van der Waals surface area contributed by atoms with Crippen LogP contribution >= 0.6 is 0 Å². The highest BCUT2D eigenvalue weighted by molar-refractivity contribution is 5.71. The van der Waals surface area contributed by atoms with Crippen molar-refractivity contribution in [3.63, 3.8) is 0 Å². The van der Waals surface area contributed by atoms with Gasteiger partial charge in [-0.2, -0.15) is 0 Å². The molecule has 0 aromatic heterocycles. The first kappa shape index (κ1) is 27.4. The average Bonchev–Trinajstić information content (AvgIpc) is 2.64. The molecule has 2 unspecified atom stereocenters. The minimum Gasteiger partial charge on any atom is -0.493 e. The van der Waals surface area contributed by atoms with Crippen LogP contribution in [-0.2, 0) is 20.9 Å². The van der Waals surface area contributed by atoms with Gasteiger partial charge in [-0.25, -0.2) is 4.79 Å². The fraction of sp³-hybridized carbons (Fsp3) is 0.500. The quantitative estimate of drug-likeness (QED) is 0.300. The predicted molar refractivity (Wildman–Crippen MR) is 107 cm³/mol. The lowest BCUT2D eigenvalue weighted by atomic mass is 10.1. The molecule has 0 aliphatic rings. The van der Waals surface area contributed by atoms with Gasteiger partial charge in [0.05, 0.1) is 43.6 Å². The minimum absolute atomic E-state index is 0.0556. The summed E-state index contributed by atoms with van der Waals surface area (Å²) in [5, 5.41) is 30.1. The largest absolute Gasteiger partial charge is 0.493 e. The van der Waals surface area contributed by atoms with Crippen LogP contribution in [0, 0.1) is 10.1 Å². The highest BCUT2D eigenvalue weighted by Crippen LogP contribution is 2.34. The lowest BCUT2D eigenvalue weighted by Crippen LogP contribution is -2.34. The Morgan fingerprint density at radius 1 is 1.10 bits per heavy atom. The minimum atomic E-state index is -1.07. The zero-order valence-corrected chi connectivity index (χ0v) is 17.6. The van der Waals surface area contributed by atoms with Crippen LogP contribution in [-0.4, -0.2) is 59.5 Å². The van der Waals surface area contributed by atoms with Gasteiger partial charge in [0, 0.05) is 12.1 Å². The zero-order chi connectivity index (χ0) is 24.1. The number of nitrogens with zero attached hydrogens (tertiary/aromatic N) is 1. The van der Waals surface area contributed by atoms with E-state index in [2.05, 4.69) is 5.32 Å². The molecule has 13 heteroatoms. The van der Waals surface area contributed by atoms with Gasteiger partial charge >= 0.3 is 18.0 Å². The summed E-state index contributed by atoms with van der Waals surface area (Å²) < 4.78 is 15.0. The molecule has 0 saturated carbocycles. The van der Waals surface area contributed by atoms with Gasteiger partial charge in [0.25, 0.3) is 5.69 Å². The summed E-state index contributed by atoms with van der Waals surface area (Å²) in [5.41, 5.74) is 4.93. The molecule has 1 aromatic carbocycles. The lowest BCUT2D eigenvalue weighted by molar-refractivity contribution is -0.385. The molecular formula is C18H27N3O10. The molecule has 0 aliphatic heterocycles. The number of amides is 1. The molecule has 0 spiro atoms. The van der Waals surface area contributed by atoms with Crippen molar-refractivity contribution in [1.82, 2.24) is 5.32 Å². The van der Waals surface area contributed by atoms with Gasteiger partial charge in [-0.3, -0.25) is 19.7 Å². The van der Waals surface area contributed by atoms with Crippen molar-refractivity contribution in [3.05, 3.63) is 27.8 Å². The number of nitro benzene ring substituents is 1. The van der Waals surface area contributed by atoms with Gasteiger partial charge in [0.1, 0.15) is 6.61 Å². The van der Waals surface area contributed by atoms with Crippen LogP contribution in [0.25, 0.3) is 0 Å². The number of aliphatic carboxylic acids is 2. The maximum Gasteiger partial charge on any atom is 0.407 e. The SMILES string of the molecule is CC(N)CC(=O)O.COc1cc(COC(=O)NC(C)CC(=O)O)c([N+](=O)[O-])cc1OC. The molecule has 174 valence electrons. The molecule has 5 N–H and O–H groups in total. The first-order valence-electron chi connectivity index (χ1n) is 8.92. The summed E-state index contributed by atoms with van der Waals surface area (Å²) in [6.45, 7) is 2.77. The van der Waals surface area contributed by atoms with Crippen molar-refractivity contribution in [2.75, 3.05) is 14.2 Å².